The Hall–Kier alpha value is -0.120. The Kier molecular flexibility index (Phi) is 3.93. The molecule has 1 saturated carbocycles. The molecule has 0 spiro atoms. The summed E-state index contributed by atoms with van der Waals surface area (Å²) in [6.07, 6.45) is 2.83. The molecule has 1 aliphatic rings. The van der Waals surface area contributed by atoms with Crippen molar-refractivity contribution < 1.29 is 4.74 Å². The number of ether oxygens (including phenoxy) is 1. The first kappa shape index (κ1) is 12.0. The van der Waals surface area contributed by atoms with Gasteiger partial charge in [-0.15, -0.1) is 0 Å². The number of rotatable bonds is 5. The van der Waals surface area contributed by atoms with E-state index in [2.05, 4.69) is 38.2 Å². The van der Waals surface area contributed by atoms with Crippen LogP contribution < -0.4 is 5.32 Å². The number of hydrogen-bond donors (Lipinski definition) is 1. The first-order valence-electron chi connectivity index (χ1n) is 5.39. The fraction of sp³-hybridized carbons (Fsp3) is 1.00. The van der Waals surface area contributed by atoms with Crippen LogP contribution in [0.1, 0.15) is 26.7 Å². The summed E-state index contributed by atoms with van der Waals surface area (Å²) in [4.78, 5) is 2.26. The van der Waals surface area contributed by atoms with Gasteiger partial charge in [-0.25, -0.2) is 0 Å². The molecule has 3 nitrogen and oxygen atoms in total. The molecule has 1 aliphatic carbocycles. The van der Waals surface area contributed by atoms with Crippen molar-refractivity contribution in [3.63, 3.8) is 0 Å². The molecule has 14 heavy (non-hydrogen) atoms. The molecule has 0 radical (unpaired) electrons. The third kappa shape index (κ3) is 2.94. The first-order chi connectivity index (χ1) is 6.45. The number of nitrogens with one attached hydrogen (secondary N) is 1. The third-order valence-electron chi connectivity index (χ3n) is 3.46. The van der Waals surface area contributed by atoms with E-state index in [9.17, 15) is 0 Å². The van der Waals surface area contributed by atoms with Crippen LogP contribution in [0.25, 0.3) is 0 Å². The Bertz CT molecular complexity index is 174. The van der Waals surface area contributed by atoms with E-state index in [0.717, 1.165) is 6.54 Å². The lowest BCUT2D eigenvalue weighted by Gasteiger charge is -2.39. The molecule has 1 fully saturated rings. The molecule has 0 aromatic carbocycles. The largest absolute Gasteiger partial charge is 0.381 e. The monoisotopic (exact) mass is 200 g/mol. The van der Waals surface area contributed by atoms with Crippen molar-refractivity contribution in [2.24, 2.45) is 0 Å². The van der Waals surface area contributed by atoms with Crippen molar-refractivity contribution in [3.8, 4) is 0 Å². The average molecular weight is 200 g/mol. The lowest BCUT2D eigenvalue weighted by Crippen LogP contribution is -2.53. The van der Waals surface area contributed by atoms with Gasteiger partial charge in [0.25, 0.3) is 0 Å². The van der Waals surface area contributed by atoms with Gasteiger partial charge in [0.05, 0.1) is 6.10 Å². The topological polar surface area (TPSA) is 24.5 Å². The SMILES string of the molecule is COC1CC(NCC(C)(C)N(C)C)C1. The van der Waals surface area contributed by atoms with Gasteiger partial charge in [-0.3, -0.25) is 0 Å². The van der Waals surface area contributed by atoms with Crippen LogP contribution in [0.15, 0.2) is 0 Å². The van der Waals surface area contributed by atoms with Gasteiger partial charge >= 0.3 is 0 Å². The zero-order valence-electron chi connectivity index (χ0n) is 10.1. The van der Waals surface area contributed by atoms with Crippen molar-refractivity contribution in [1.29, 1.82) is 0 Å². The summed E-state index contributed by atoms with van der Waals surface area (Å²) in [6.45, 7) is 5.56. The van der Waals surface area contributed by atoms with Gasteiger partial charge in [0.2, 0.25) is 0 Å². The molecule has 0 aromatic rings. The van der Waals surface area contributed by atoms with Crippen LogP contribution in [0.2, 0.25) is 0 Å². The van der Waals surface area contributed by atoms with E-state index in [1.165, 1.54) is 12.8 Å². The smallest absolute Gasteiger partial charge is 0.0601 e. The van der Waals surface area contributed by atoms with Crippen LogP contribution in [0, 0.1) is 0 Å². The molecule has 1 N–H and O–H groups in total. The highest BCUT2D eigenvalue weighted by Gasteiger charge is 2.30. The standard InChI is InChI=1S/C11H24N2O/c1-11(2,13(3)4)8-12-9-6-10(7-9)14-5/h9-10,12H,6-8H2,1-5H3. The second-order valence-corrected chi connectivity index (χ2v) is 5.11. The van der Waals surface area contributed by atoms with E-state index < -0.39 is 0 Å². The van der Waals surface area contributed by atoms with Crippen LogP contribution in [-0.4, -0.2) is 50.3 Å². The van der Waals surface area contributed by atoms with E-state index in [4.69, 9.17) is 4.74 Å². The minimum atomic E-state index is 0.234. The Morgan fingerprint density at radius 3 is 2.36 bits per heavy atom. The molecule has 84 valence electrons. The second-order valence-electron chi connectivity index (χ2n) is 5.11. The quantitative estimate of drug-likeness (QED) is 0.719. The number of methoxy groups -OCH3 is 1. The molecule has 0 unspecified atom stereocenters. The number of hydrogen-bond acceptors (Lipinski definition) is 3. The second kappa shape index (κ2) is 4.60. The molecule has 0 aliphatic heterocycles. The highest BCUT2D eigenvalue weighted by atomic mass is 16.5. The summed E-state index contributed by atoms with van der Waals surface area (Å²) < 4.78 is 5.25. The molecular formula is C11H24N2O. The molecule has 3 heteroatoms. The first-order valence-corrected chi connectivity index (χ1v) is 5.39. The Labute approximate surface area is 87.8 Å². The minimum Gasteiger partial charge on any atom is -0.381 e. The fourth-order valence-corrected chi connectivity index (χ4v) is 1.48. The lowest BCUT2D eigenvalue weighted by atomic mass is 9.88. The van der Waals surface area contributed by atoms with Crippen LogP contribution in [-0.2, 0) is 4.74 Å². The van der Waals surface area contributed by atoms with Gasteiger partial charge in [-0.1, -0.05) is 0 Å². The fourth-order valence-electron chi connectivity index (χ4n) is 1.48. The molecule has 0 heterocycles. The zero-order chi connectivity index (χ0) is 10.8. The molecule has 0 amide bonds. The van der Waals surface area contributed by atoms with Crippen molar-refractivity contribution in [2.75, 3.05) is 27.7 Å². The molecule has 0 atom stereocenters. The van der Waals surface area contributed by atoms with Crippen molar-refractivity contribution in [2.45, 2.75) is 44.4 Å². The summed E-state index contributed by atoms with van der Waals surface area (Å²) in [5.41, 5.74) is 0.234. The Balaban J connectivity index is 2.16. The van der Waals surface area contributed by atoms with Gasteiger partial charge in [0, 0.05) is 25.2 Å². The van der Waals surface area contributed by atoms with E-state index in [1.54, 1.807) is 7.11 Å². The Morgan fingerprint density at radius 1 is 1.36 bits per heavy atom. The molecule has 0 bridgehead atoms. The number of likely N-dealkylation sites (N-methyl/N-ethyl adjacent to an activating group) is 1. The normalized spacial score (nSPS) is 27.9. The van der Waals surface area contributed by atoms with E-state index in [-0.39, 0.29) is 5.54 Å². The highest BCUT2D eigenvalue weighted by Crippen LogP contribution is 2.23. The highest BCUT2D eigenvalue weighted by molar-refractivity contribution is 4.89. The van der Waals surface area contributed by atoms with E-state index in [1.807, 2.05) is 0 Å². The summed E-state index contributed by atoms with van der Waals surface area (Å²) in [7, 11) is 6.05. The summed E-state index contributed by atoms with van der Waals surface area (Å²) >= 11 is 0. The molecule has 0 saturated heterocycles. The lowest BCUT2D eigenvalue weighted by molar-refractivity contribution is 0.0137. The maximum Gasteiger partial charge on any atom is 0.0601 e. The van der Waals surface area contributed by atoms with E-state index in [0.29, 0.717) is 12.1 Å². The Morgan fingerprint density at radius 2 is 1.93 bits per heavy atom. The van der Waals surface area contributed by atoms with Crippen LogP contribution in [0.3, 0.4) is 0 Å². The van der Waals surface area contributed by atoms with E-state index >= 15 is 0 Å². The molecule has 0 aromatic heterocycles. The summed E-state index contributed by atoms with van der Waals surface area (Å²) in [5.74, 6) is 0. The van der Waals surface area contributed by atoms with Gasteiger partial charge in [0.15, 0.2) is 0 Å². The van der Waals surface area contributed by atoms with Crippen LogP contribution >= 0.6 is 0 Å². The van der Waals surface area contributed by atoms with Crippen molar-refractivity contribution in [3.05, 3.63) is 0 Å². The summed E-state index contributed by atoms with van der Waals surface area (Å²) in [6, 6.07) is 0.666. The van der Waals surface area contributed by atoms with Gasteiger partial charge in [-0.05, 0) is 40.8 Å². The van der Waals surface area contributed by atoms with Gasteiger partial charge in [0.1, 0.15) is 0 Å². The summed E-state index contributed by atoms with van der Waals surface area (Å²) in [5, 5.41) is 3.58. The van der Waals surface area contributed by atoms with Crippen LogP contribution in [0.5, 0.6) is 0 Å². The molecule has 1 rings (SSSR count). The maximum absolute atomic E-state index is 5.25. The van der Waals surface area contributed by atoms with Gasteiger partial charge < -0.3 is 15.0 Å². The zero-order valence-corrected chi connectivity index (χ0v) is 10.1. The molecular weight excluding hydrogens is 176 g/mol. The maximum atomic E-state index is 5.25. The van der Waals surface area contributed by atoms with Crippen molar-refractivity contribution >= 4 is 0 Å². The predicted octanol–water partition coefficient (Wildman–Crippen LogP) is 1.09. The third-order valence-corrected chi connectivity index (χ3v) is 3.46. The average Bonchev–Trinajstić information content (AvgIpc) is 2.01. The minimum absolute atomic E-state index is 0.234. The number of nitrogens with zero attached hydrogens (tertiary/aromatic N) is 1. The predicted molar refractivity (Wildman–Crippen MR) is 59.6 cm³/mol. The van der Waals surface area contributed by atoms with Gasteiger partial charge in [-0.2, -0.15) is 0 Å². The van der Waals surface area contributed by atoms with Crippen molar-refractivity contribution in [1.82, 2.24) is 10.2 Å². The van der Waals surface area contributed by atoms with Crippen LogP contribution in [0.4, 0.5) is 0 Å².